The summed E-state index contributed by atoms with van der Waals surface area (Å²) in [5, 5.41) is 55.6. The van der Waals surface area contributed by atoms with E-state index in [1.165, 1.54) is 7.05 Å². The van der Waals surface area contributed by atoms with E-state index in [0.29, 0.717) is 0 Å². The second-order valence-electron chi connectivity index (χ2n) is 2.73. The molecule has 1 N–H and O–H groups in total. The van der Waals surface area contributed by atoms with Crippen LogP contribution in [0.15, 0.2) is 0 Å². The van der Waals surface area contributed by atoms with Crippen molar-refractivity contribution >= 4 is 24.4 Å². The van der Waals surface area contributed by atoms with Crippen molar-refractivity contribution in [2.24, 2.45) is 0 Å². The van der Waals surface area contributed by atoms with Gasteiger partial charge in [-0.2, -0.15) is 24.9 Å². The van der Waals surface area contributed by atoms with Crippen molar-refractivity contribution in [1.82, 2.24) is 5.32 Å². The largest absolute Gasteiger partial charge is 5.00 e. The second kappa shape index (κ2) is 8.85. The van der Waals surface area contributed by atoms with E-state index in [4.69, 9.17) is 0 Å². The van der Waals surface area contributed by atoms with E-state index in [2.05, 4.69) is 5.32 Å². The Balaban J connectivity index is 0. The van der Waals surface area contributed by atoms with E-state index in [1.54, 1.807) is 0 Å². The minimum Gasteiger partial charge on any atom is -0.855 e. The molecule has 0 bridgehead atoms. The Morgan fingerprint density at radius 1 is 1.00 bits per heavy atom. The fourth-order valence-corrected chi connectivity index (χ4v) is 0.835. The first kappa shape index (κ1) is 17.0. The first-order valence-corrected chi connectivity index (χ1v) is 3.90. The molecule has 0 radical (unpaired) electrons. The Labute approximate surface area is 100 Å². The first-order chi connectivity index (χ1) is 6.04. The van der Waals surface area contributed by atoms with Gasteiger partial charge in [-0.25, -0.2) is 0 Å². The van der Waals surface area contributed by atoms with E-state index >= 15 is 0 Å². The van der Waals surface area contributed by atoms with Crippen molar-refractivity contribution in [2.45, 2.75) is 24.4 Å². The summed E-state index contributed by atoms with van der Waals surface area (Å²) in [4.78, 5) is 0. The molecule has 0 spiro atoms. The zero-order valence-corrected chi connectivity index (χ0v) is 10.3. The molecule has 14 heavy (non-hydrogen) atoms. The Bertz CT molecular complexity index is 139. The fraction of sp³-hybridized carbons (Fsp3) is 1.00. The Morgan fingerprint density at radius 2 is 1.43 bits per heavy atom. The third kappa shape index (κ3) is 5.46. The van der Waals surface area contributed by atoms with Crippen LogP contribution in [0.2, 0.25) is 0 Å². The summed E-state index contributed by atoms with van der Waals surface area (Å²) in [6, 6.07) is 0. The summed E-state index contributed by atoms with van der Waals surface area (Å²) < 4.78 is 0. The van der Waals surface area contributed by atoms with Crippen LogP contribution in [0.3, 0.4) is 0 Å². The van der Waals surface area contributed by atoms with E-state index in [-0.39, 0.29) is 31.0 Å². The molecule has 0 rings (SSSR count). The summed E-state index contributed by atoms with van der Waals surface area (Å²) in [5.74, 6) is 0. The maximum atomic E-state index is 10.9. The van der Waals surface area contributed by atoms with Crippen LogP contribution >= 0.6 is 0 Å². The minimum absolute atomic E-state index is 0. The van der Waals surface area contributed by atoms with Crippen LogP contribution in [0, 0.1) is 0 Å². The zero-order chi connectivity index (χ0) is 10.4. The summed E-state index contributed by atoms with van der Waals surface area (Å²) >= 11 is 0. The van der Waals surface area contributed by atoms with Gasteiger partial charge in [-0.1, -0.05) is 0 Å². The summed E-state index contributed by atoms with van der Waals surface area (Å²) in [6.45, 7) is -1.32. The second-order valence-corrected chi connectivity index (χ2v) is 2.73. The molecule has 6 nitrogen and oxygen atoms in total. The SMILES string of the molecule is CNC[C@H]([O-])[C@@H]([O-])[C@H]([O-])[C@H]([O-])C[O-].[Sb+5]. The van der Waals surface area contributed by atoms with E-state index in [0.717, 1.165) is 0 Å². The Morgan fingerprint density at radius 3 is 1.79 bits per heavy atom. The van der Waals surface area contributed by atoms with Gasteiger partial charge in [0.2, 0.25) is 0 Å². The Hall–Kier alpha value is 0.578. The zero-order valence-electron chi connectivity index (χ0n) is 7.71. The van der Waals surface area contributed by atoms with E-state index < -0.39 is 31.0 Å². The van der Waals surface area contributed by atoms with Gasteiger partial charge in [0.25, 0.3) is 0 Å². The molecule has 0 aromatic heterocycles. The van der Waals surface area contributed by atoms with Crippen molar-refractivity contribution < 1.29 is 25.5 Å². The molecular formula is C7H12NO5Sb. The maximum Gasteiger partial charge on any atom is 5.00 e. The third-order valence-corrected chi connectivity index (χ3v) is 1.63. The van der Waals surface area contributed by atoms with Crippen LogP contribution in [-0.4, -0.2) is 69.0 Å². The van der Waals surface area contributed by atoms with Crippen molar-refractivity contribution in [3.63, 3.8) is 0 Å². The molecule has 0 aliphatic rings. The van der Waals surface area contributed by atoms with Gasteiger partial charge in [-0.15, -0.1) is 6.10 Å². The molecular weight excluding hydrogens is 300 g/mol. The smallest absolute Gasteiger partial charge is 0.855 e. The predicted molar refractivity (Wildman–Crippen MR) is 39.7 cm³/mol. The quantitative estimate of drug-likeness (QED) is 0.486. The monoisotopic (exact) mass is 311 g/mol. The molecule has 4 atom stereocenters. The van der Waals surface area contributed by atoms with E-state index in [1.807, 2.05) is 0 Å². The Kier molecular flexibility index (Phi) is 10.7. The standard InChI is InChI=1S/C7H12NO5.Sb/c1-8-2-4(10)6(12)7(13)5(11)3-9;/h4-8H,2-3H2,1H3;/q-5;+5/t4-,5+,6+,7+;/m0./s1. The number of nitrogens with one attached hydrogen (secondary N) is 1. The van der Waals surface area contributed by atoms with Crippen molar-refractivity contribution in [3.05, 3.63) is 0 Å². The molecule has 80 valence electrons. The summed E-state index contributed by atoms with van der Waals surface area (Å²) in [6.07, 6.45) is -7.89. The van der Waals surface area contributed by atoms with Crippen LogP contribution in [0.5, 0.6) is 0 Å². The van der Waals surface area contributed by atoms with Gasteiger partial charge in [0.05, 0.1) is 0 Å². The van der Waals surface area contributed by atoms with Gasteiger partial charge in [-0.3, -0.25) is 0 Å². The molecule has 0 aromatic rings. The average molecular weight is 312 g/mol. The molecule has 7 heteroatoms. The van der Waals surface area contributed by atoms with Gasteiger partial charge in [0.1, 0.15) is 0 Å². The van der Waals surface area contributed by atoms with Crippen LogP contribution in [0.25, 0.3) is 0 Å². The fourth-order valence-electron chi connectivity index (χ4n) is 0.835. The molecule has 0 saturated heterocycles. The van der Waals surface area contributed by atoms with Crippen molar-refractivity contribution in [2.75, 3.05) is 20.2 Å². The minimum atomic E-state index is -2.15. The van der Waals surface area contributed by atoms with Crippen molar-refractivity contribution in [3.8, 4) is 0 Å². The van der Waals surface area contributed by atoms with Crippen LogP contribution in [0.1, 0.15) is 0 Å². The number of hydrogen-bond donors (Lipinski definition) is 1. The van der Waals surface area contributed by atoms with E-state index in [9.17, 15) is 25.5 Å². The molecule has 0 heterocycles. The molecule has 0 saturated carbocycles. The topological polar surface area (TPSA) is 127 Å². The molecule has 0 fully saturated rings. The number of rotatable bonds is 6. The van der Waals surface area contributed by atoms with Gasteiger partial charge >= 0.3 is 24.4 Å². The maximum absolute atomic E-state index is 10.9. The normalized spacial score (nSPS) is 19.3. The van der Waals surface area contributed by atoms with Crippen LogP contribution < -0.4 is 30.8 Å². The average Bonchev–Trinajstić information content (AvgIpc) is 2.14. The van der Waals surface area contributed by atoms with Gasteiger partial charge < -0.3 is 30.8 Å². The van der Waals surface area contributed by atoms with Gasteiger partial charge in [0.15, 0.2) is 0 Å². The first-order valence-electron chi connectivity index (χ1n) is 3.90. The molecule has 0 aliphatic carbocycles. The van der Waals surface area contributed by atoms with Crippen LogP contribution in [-0.2, 0) is 0 Å². The molecule has 0 unspecified atom stereocenters. The summed E-state index contributed by atoms with van der Waals surface area (Å²) in [5.41, 5.74) is 0. The number of hydrogen-bond acceptors (Lipinski definition) is 6. The van der Waals surface area contributed by atoms with Gasteiger partial charge in [0, 0.05) is 0 Å². The van der Waals surface area contributed by atoms with Crippen molar-refractivity contribution in [1.29, 1.82) is 0 Å². The third-order valence-electron chi connectivity index (χ3n) is 1.63. The molecule has 0 amide bonds. The number of likely N-dealkylation sites (N-methyl/N-ethyl adjacent to an activating group) is 1. The molecule has 0 aromatic carbocycles. The predicted octanol–water partition coefficient (Wildman–Crippen LogP) is -6.90. The van der Waals surface area contributed by atoms with Gasteiger partial charge in [-0.05, 0) is 13.6 Å². The molecule has 0 aliphatic heterocycles. The van der Waals surface area contributed by atoms with Crippen LogP contribution in [0.4, 0.5) is 0 Å². The summed E-state index contributed by atoms with van der Waals surface area (Å²) in [7, 11) is 1.46.